The summed E-state index contributed by atoms with van der Waals surface area (Å²) in [6, 6.07) is 6.91. The summed E-state index contributed by atoms with van der Waals surface area (Å²) >= 11 is 1.51. The Hall–Kier alpha value is -2.52. The second kappa shape index (κ2) is 7.38. The van der Waals surface area contributed by atoms with Crippen LogP contribution in [0.25, 0.3) is 11.5 Å². The Bertz CT molecular complexity index is 1020. The van der Waals surface area contributed by atoms with Gasteiger partial charge in [0.25, 0.3) is 10.0 Å². The average Bonchev–Trinajstić information content (AvgIpc) is 3.25. The highest BCUT2D eigenvalue weighted by Gasteiger charge is 2.20. The first-order valence-corrected chi connectivity index (χ1v) is 10.3. The summed E-state index contributed by atoms with van der Waals surface area (Å²) in [6.45, 7) is 3.48. The first kappa shape index (κ1) is 18.3. The van der Waals surface area contributed by atoms with Gasteiger partial charge in [-0.05, 0) is 42.5 Å². The summed E-state index contributed by atoms with van der Waals surface area (Å²) in [4.78, 5) is 12.2. The van der Waals surface area contributed by atoms with Crippen LogP contribution < -0.4 is 4.72 Å². The minimum atomic E-state index is -3.91. The molecule has 1 amide bonds. The number of amides is 1. The van der Waals surface area contributed by atoms with Gasteiger partial charge in [0.1, 0.15) is 0 Å². The van der Waals surface area contributed by atoms with Gasteiger partial charge < -0.3 is 4.42 Å². The maximum Gasteiger partial charge on any atom is 0.264 e. The topological polar surface area (TPSA) is 102 Å². The molecule has 3 aromatic rings. The lowest BCUT2D eigenvalue weighted by Crippen LogP contribution is -2.31. The first-order valence-electron chi connectivity index (χ1n) is 7.83. The minimum absolute atomic E-state index is 0.0740. The molecule has 7 nitrogen and oxygen atoms in total. The Morgan fingerprint density at radius 1 is 1.23 bits per heavy atom. The number of rotatable bonds is 6. The number of nitrogens with zero attached hydrogens (tertiary/aromatic N) is 2. The minimum Gasteiger partial charge on any atom is -0.421 e. The fourth-order valence-corrected chi connectivity index (χ4v) is 4.31. The van der Waals surface area contributed by atoms with Crippen molar-refractivity contribution in [3.8, 4) is 11.5 Å². The molecule has 2 aromatic heterocycles. The van der Waals surface area contributed by atoms with E-state index in [-0.39, 0.29) is 23.6 Å². The van der Waals surface area contributed by atoms with E-state index in [9.17, 15) is 13.2 Å². The van der Waals surface area contributed by atoms with Crippen LogP contribution in [-0.4, -0.2) is 24.5 Å². The van der Waals surface area contributed by atoms with Gasteiger partial charge in [-0.15, -0.1) is 10.2 Å². The Morgan fingerprint density at radius 2 is 2.04 bits per heavy atom. The monoisotopic (exact) mass is 391 g/mol. The van der Waals surface area contributed by atoms with Gasteiger partial charge in [-0.3, -0.25) is 4.79 Å². The zero-order chi connectivity index (χ0) is 18.7. The van der Waals surface area contributed by atoms with Gasteiger partial charge in [0.05, 0.1) is 4.90 Å². The fourth-order valence-electron chi connectivity index (χ4n) is 2.33. The average molecular weight is 391 g/mol. The summed E-state index contributed by atoms with van der Waals surface area (Å²) in [5, 5.41) is 11.6. The summed E-state index contributed by atoms with van der Waals surface area (Å²) in [5.74, 6) is 0.0383. The number of benzene rings is 1. The number of aromatic nitrogens is 2. The first-order chi connectivity index (χ1) is 12.3. The Morgan fingerprint density at radius 3 is 2.77 bits per heavy atom. The van der Waals surface area contributed by atoms with Crippen molar-refractivity contribution >= 4 is 27.3 Å². The van der Waals surface area contributed by atoms with Gasteiger partial charge in [-0.2, -0.15) is 11.3 Å². The van der Waals surface area contributed by atoms with Crippen molar-refractivity contribution in [1.82, 2.24) is 14.9 Å². The van der Waals surface area contributed by atoms with Crippen LogP contribution in [0.4, 0.5) is 0 Å². The molecular formula is C17H17N3O4S2. The van der Waals surface area contributed by atoms with Crippen LogP contribution in [0, 0.1) is 13.8 Å². The predicted octanol–water partition coefficient (Wildman–Crippen LogP) is 2.85. The fraction of sp³-hybridized carbons (Fsp3) is 0.235. The van der Waals surface area contributed by atoms with Crippen molar-refractivity contribution in [2.45, 2.75) is 31.6 Å². The molecule has 0 saturated heterocycles. The number of thiophene rings is 1. The van der Waals surface area contributed by atoms with Crippen LogP contribution in [0.5, 0.6) is 0 Å². The zero-order valence-electron chi connectivity index (χ0n) is 14.2. The van der Waals surface area contributed by atoms with E-state index in [1.165, 1.54) is 17.4 Å². The van der Waals surface area contributed by atoms with Gasteiger partial charge in [0.15, 0.2) is 0 Å². The van der Waals surface area contributed by atoms with E-state index in [4.69, 9.17) is 4.42 Å². The van der Waals surface area contributed by atoms with Crippen LogP contribution >= 0.6 is 11.3 Å². The number of sulfonamides is 1. The molecule has 136 valence electrons. The molecule has 0 atom stereocenters. The number of carbonyl (C=O) groups excluding carboxylic acids is 1. The van der Waals surface area contributed by atoms with Crippen molar-refractivity contribution in [3.05, 3.63) is 52.0 Å². The van der Waals surface area contributed by atoms with Crippen molar-refractivity contribution in [3.63, 3.8) is 0 Å². The number of carbonyl (C=O) groups is 1. The molecule has 0 fully saturated rings. The van der Waals surface area contributed by atoms with Crippen LogP contribution in [0.15, 0.2) is 44.3 Å². The highest BCUT2D eigenvalue weighted by molar-refractivity contribution is 7.90. The SMILES string of the molecule is Cc1ccc(C)c(S(=O)(=O)NC(=O)CCc2nnc(-c3ccsc3)o2)c1. The van der Waals surface area contributed by atoms with Crippen LogP contribution in [0.2, 0.25) is 0 Å². The molecule has 0 unspecified atom stereocenters. The molecule has 0 aliphatic carbocycles. The Kier molecular flexibility index (Phi) is 5.19. The van der Waals surface area contributed by atoms with E-state index in [0.717, 1.165) is 11.1 Å². The molecule has 0 aliphatic heterocycles. The molecule has 3 rings (SSSR count). The van der Waals surface area contributed by atoms with E-state index < -0.39 is 15.9 Å². The lowest BCUT2D eigenvalue weighted by Gasteiger charge is -2.09. The third-order valence-corrected chi connectivity index (χ3v) is 5.88. The molecule has 0 spiro atoms. The van der Waals surface area contributed by atoms with Gasteiger partial charge in [0, 0.05) is 23.8 Å². The molecule has 1 aromatic carbocycles. The van der Waals surface area contributed by atoms with Crippen LogP contribution in [-0.2, 0) is 21.2 Å². The summed E-state index contributed by atoms with van der Waals surface area (Å²) in [7, 11) is -3.91. The molecule has 1 N–H and O–H groups in total. The van der Waals surface area contributed by atoms with E-state index in [0.29, 0.717) is 11.5 Å². The molecular weight excluding hydrogens is 374 g/mol. The summed E-state index contributed by atoms with van der Waals surface area (Å²) in [5.41, 5.74) is 2.19. The Balaban J connectivity index is 1.63. The van der Waals surface area contributed by atoms with Crippen LogP contribution in [0.3, 0.4) is 0 Å². The largest absolute Gasteiger partial charge is 0.421 e. The Labute approximate surface area is 155 Å². The maximum atomic E-state index is 12.4. The number of hydrogen-bond donors (Lipinski definition) is 1. The molecule has 0 radical (unpaired) electrons. The number of hydrogen-bond acceptors (Lipinski definition) is 7. The molecule has 9 heteroatoms. The molecule has 0 bridgehead atoms. The van der Waals surface area contributed by atoms with E-state index in [2.05, 4.69) is 14.9 Å². The second-order valence-corrected chi connectivity index (χ2v) is 8.24. The van der Waals surface area contributed by atoms with Gasteiger partial charge >= 0.3 is 0 Å². The lowest BCUT2D eigenvalue weighted by atomic mass is 10.2. The van der Waals surface area contributed by atoms with Crippen molar-refractivity contribution in [2.24, 2.45) is 0 Å². The number of aryl methyl sites for hydroxylation is 3. The number of nitrogens with one attached hydrogen (secondary N) is 1. The highest BCUT2D eigenvalue weighted by Crippen LogP contribution is 2.21. The summed E-state index contributed by atoms with van der Waals surface area (Å²) in [6.07, 6.45) is 0.0840. The van der Waals surface area contributed by atoms with E-state index in [1.54, 1.807) is 19.9 Å². The van der Waals surface area contributed by atoms with E-state index in [1.807, 2.05) is 22.9 Å². The predicted molar refractivity (Wildman–Crippen MR) is 97.2 cm³/mol. The van der Waals surface area contributed by atoms with Crippen molar-refractivity contribution < 1.29 is 17.6 Å². The van der Waals surface area contributed by atoms with Crippen molar-refractivity contribution in [2.75, 3.05) is 0 Å². The van der Waals surface area contributed by atoms with Gasteiger partial charge in [0.2, 0.25) is 17.7 Å². The second-order valence-electron chi connectivity index (χ2n) is 5.81. The summed E-state index contributed by atoms with van der Waals surface area (Å²) < 4.78 is 32.4. The normalized spacial score (nSPS) is 11.5. The lowest BCUT2D eigenvalue weighted by molar-refractivity contribution is -0.119. The van der Waals surface area contributed by atoms with Crippen LogP contribution in [0.1, 0.15) is 23.4 Å². The third-order valence-electron chi connectivity index (χ3n) is 3.68. The molecule has 2 heterocycles. The molecule has 26 heavy (non-hydrogen) atoms. The highest BCUT2D eigenvalue weighted by atomic mass is 32.2. The quantitative estimate of drug-likeness (QED) is 0.693. The van der Waals surface area contributed by atoms with Gasteiger partial charge in [-0.25, -0.2) is 13.1 Å². The third kappa shape index (κ3) is 4.17. The smallest absolute Gasteiger partial charge is 0.264 e. The zero-order valence-corrected chi connectivity index (χ0v) is 15.9. The van der Waals surface area contributed by atoms with Gasteiger partial charge in [-0.1, -0.05) is 12.1 Å². The van der Waals surface area contributed by atoms with Crippen molar-refractivity contribution in [1.29, 1.82) is 0 Å². The molecule has 0 saturated carbocycles. The maximum absolute atomic E-state index is 12.4. The molecule has 0 aliphatic rings. The van der Waals surface area contributed by atoms with E-state index >= 15 is 0 Å². The standard InChI is InChI=1S/C17H17N3O4S2/c1-11-3-4-12(2)14(9-11)26(22,23)20-15(21)5-6-16-18-19-17(24-16)13-7-8-25-10-13/h3-4,7-10H,5-6H2,1-2H3,(H,20,21).